The average molecular weight is 342 g/mol. The first-order chi connectivity index (χ1) is 11.1. The third-order valence-corrected chi connectivity index (χ3v) is 4.51. The molecule has 2 aromatic carbocycles. The fraction of sp³-hybridized carbons (Fsp3) is 0. The van der Waals surface area contributed by atoms with E-state index in [1.54, 1.807) is 18.2 Å². The Morgan fingerprint density at radius 2 is 1.74 bits per heavy atom. The largest absolute Gasteiger partial charge is 0.270 e. The average Bonchev–Trinajstić information content (AvgIpc) is 2.82. The van der Waals surface area contributed by atoms with Gasteiger partial charge in [0.15, 0.2) is 4.32 Å². The van der Waals surface area contributed by atoms with Gasteiger partial charge in [-0.2, -0.15) is 0 Å². The van der Waals surface area contributed by atoms with Crippen LogP contribution in [0.25, 0.3) is 6.08 Å². The summed E-state index contributed by atoms with van der Waals surface area (Å²) in [6.45, 7) is 0. The summed E-state index contributed by atoms with van der Waals surface area (Å²) in [7, 11) is 0. The van der Waals surface area contributed by atoms with Gasteiger partial charge in [0.05, 0.1) is 15.5 Å². The van der Waals surface area contributed by atoms with Crippen LogP contribution >= 0.6 is 24.0 Å². The molecular formula is C16H10N2O3S2. The van der Waals surface area contributed by atoms with Gasteiger partial charge in [-0.05, 0) is 35.9 Å². The molecule has 0 atom stereocenters. The Labute approximate surface area is 141 Å². The first-order valence-electron chi connectivity index (χ1n) is 6.64. The molecule has 5 nitrogen and oxygen atoms in total. The van der Waals surface area contributed by atoms with Crippen LogP contribution in [0.5, 0.6) is 0 Å². The molecule has 1 amide bonds. The zero-order valence-corrected chi connectivity index (χ0v) is 13.3. The molecule has 0 aliphatic carbocycles. The van der Waals surface area contributed by atoms with Crippen LogP contribution in [0.3, 0.4) is 0 Å². The number of nitrogens with zero attached hydrogens (tertiary/aromatic N) is 2. The van der Waals surface area contributed by atoms with Crippen LogP contribution in [0.1, 0.15) is 5.56 Å². The number of amides is 1. The van der Waals surface area contributed by atoms with Crippen molar-refractivity contribution in [2.75, 3.05) is 4.90 Å². The number of anilines is 1. The predicted molar refractivity (Wildman–Crippen MR) is 95.2 cm³/mol. The van der Waals surface area contributed by atoms with Crippen molar-refractivity contribution >= 4 is 51.7 Å². The number of hydrogen-bond acceptors (Lipinski definition) is 5. The molecule has 3 rings (SSSR count). The summed E-state index contributed by atoms with van der Waals surface area (Å²) < 4.78 is 0.467. The summed E-state index contributed by atoms with van der Waals surface area (Å²) >= 11 is 6.50. The van der Waals surface area contributed by atoms with E-state index in [2.05, 4.69) is 0 Å². The lowest BCUT2D eigenvalue weighted by atomic mass is 10.2. The monoisotopic (exact) mass is 342 g/mol. The van der Waals surface area contributed by atoms with E-state index in [9.17, 15) is 14.9 Å². The Kier molecular flexibility index (Phi) is 4.22. The minimum absolute atomic E-state index is 0.0129. The van der Waals surface area contributed by atoms with Gasteiger partial charge in [-0.25, -0.2) is 0 Å². The number of thiocarbonyl (C=S) groups is 1. The third-order valence-electron chi connectivity index (χ3n) is 3.21. The number of hydrogen-bond donors (Lipinski definition) is 0. The molecule has 0 spiro atoms. The van der Waals surface area contributed by atoms with E-state index in [0.717, 1.165) is 5.69 Å². The van der Waals surface area contributed by atoms with Gasteiger partial charge in [0.2, 0.25) is 0 Å². The molecule has 1 fully saturated rings. The van der Waals surface area contributed by atoms with Gasteiger partial charge in [0.1, 0.15) is 0 Å². The molecule has 0 bridgehead atoms. The first-order valence-corrected chi connectivity index (χ1v) is 7.86. The van der Waals surface area contributed by atoms with E-state index in [4.69, 9.17) is 12.2 Å². The summed E-state index contributed by atoms with van der Waals surface area (Å²) in [5.74, 6) is -0.190. The van der Waals surface area contributed by atoms with Crippen LogP contribution in [0.4, 0.5) is 11.4 Å². The molecule has 0 radical (unpaired) electrons. The quantitative estimate of drug-likeness (QED) is 0.365. The molecule has 1 aliphatic heterocycles. The Morgan fingerprint density at radius 1 is 1.09 bits per heavy atom. The summed E-state index contributed by atoms with van der Waals surface area (Å²) in [6, 6.07) is 15.2. The zero-order chi connectivity index (χ0) is 16.4. The zero-order valence-electron chi connectivity index (χ0n) is 11.7. The molecular weight excluding hydrogens is 332 g/mol. The summed E-state index contributed by atoms with van der Waals surface area (Å²) in [5.41, 5.74) is 1.45. The number of nitro benzene ring substituents is 1. The van der Waals surface area contributed by atoms with Crippen LogP contribution in [0, 0.1) is 10.1 Å². The predicted octanol–water partition coefficient (Wildman–Crippen LogP) is 4.00. The standard InChI is InChI=1S/C16H10N2O3S2/c19-15-14(10-11-6-8-13(9-7-11)18(20)21)23-16(22)17(15)12-4-2-1-3-5-12/h1-10H. The fourth-order valence-corrected chi connectivity index (χ4v) is 3.41. The first kappa shape index (κ1) is 15.4. The second-order valence-electron chi connectivity index (χ2n) is 4.70. The minimum Gasteiger partial charge on any atom is -0.268 e. The second-order valence-corrected chi connectivity index (χ2v) is 6.38. The van der Waals surface area contributed by atoms with Crippen molar-refractivity contribution in [2.24, 2.45) is 0 Å². The summed E-state index contributed by atoms with van der Waals surface area (Å²) in [6.07, 6.45) is 1.69. The highest BCUT2D eigenvalue weighted by atomic mass is 32.2. The van der Waals surface area contributed by atoms with Gasteiger partial charge >= 0.3 is 0 Å². The van der Waals surface area contributed by atoms with Crippen molar-refractivity contribution in [1.29, 1.82) is 0 Å². The Morgan fingerprint density at radius 3 is 2.35 bits per heavy atom. The highest BCUT2D eigenvalue weighted by Crippen LogP contribution is 2.35. The van der Waals surface area contributed by atoms with Gasteiger partial charge in [0, 0.05) is 12.1 Å². The van der Waals surface area contributed by atoms with Gasteiger partial charge < -0.3 is 0 Å². The molecule has 0 unspecified atom stereocenters. The third kappa shape index (κ3) is 3.15. The van der Waals surface area contributed by atoms with E-state index in [-0.39, 0.29) is 11.6 Å². The molecule has 0 aromatic heterocycles. The van der Waals surface area contributed by atoms with Gasteiger partial charge in [-0.1, -0.05) is 42.2 Å². The number of rotatable bonds is 3. The molecule has 2 aromatic rings. The normalized spacial score (nSPS) is 16.2. The van der Waals surface area contributed by atoms with Crippen molar-refractivity contribution in [2.45, 2.75) is 0 Å². The molecule has 1 aliphatic rings. The van der Waals surface area contributed by atoms with Crippen LogP contribution in [-0.4, -0.2) is 15.2 Å². The number of nitro groups is 1. The van der Waals surface area contributed by atoms with Crippen LogP contribution in [0.2, 0.25) is 0 Å². The maximum atomic E-state index is 12.5. The number of thioether (sulfide) groups is 1. The topological polar surface area (TPSA) is 63.4 Å². The highest BCUT2D eigenvalue weighted by Gasteiger charge is 2.33. The number of benzene rings is 2. The van der Waals surface area contributed by atoms with E-state index in [1.165, 1.54) is 28.8 Å². The van der Waals surface area contributed by atoms with Crippen molar-refractivity contribution in [1.82, 2.24) is 0 Å². The second kappa shape index (κ2) is 6.31. The van der Waals surface area contributed by atoms with Crippen LogP contribution in [-0.2, 0) is 4.79 Å². The van der Waals surface area contributed by atoms with Crippen LogP contribution < -0.4 is 4.90 Å². The van der Waals surface area contributed by atoms with E-state index in [0.29, 0.717) is 14.8 Å². The molecule has 1 saturated heterocycles. The molecule has 23 heavy (non-hydrogen) atoms. The minimum atomic E-state index is -0.460. The smallest absolute Gasteiger partial charge is 0.268 e. The fourth-order valence-electron chi connectivity index (χ4n) is 2.11. The molecule has 114 valence electrons. The van der Waals surface area contributed by atoms with Crippen molar-refractivity contribution in [3.63, 3.8) is 0 Å². The van der Waals surface area contributed by atoms with E-state index in [1.807, 2.05) is 30.3 Å². The van der Waals surface area contributed by atoms with Crippen molar-refractivity contribution < 1.29 is 9.72 Å². The maximum absolute atomic E-state index is 12.5. The van der Waals surface area contributed by atoms with Crippen LogP contribution in [0.15, 0.2) is 59.5 Å². The summed E-state index contributed by atoms with van der Waals surface area (Å²) in [4.78, 5) is 24.7. The van der Waals surface area contributed by atoms with Crippen molar-refractivity contribution in [3.8, 4) is 0 Å². The number of non-ortho nitro benzene ring substituents is 1. The maximum Gasteiger partial charge on any atom is 0.270 e. The highest BCUT2D eigenvalue weighted by molar-refractivity contribution is 8.27. The lowest BCUT2D eigenvalue weighted by Gasteiger charge is -2.13. The Balaban J connectivity index is 1.88. The molecule has 0 N–H and O–H groups in total. The molecule has 1 heterocycles. The Bertz CT molecular complexity index is 817. The number of carbonyl (C=O) groups excluding carboxylic acids is 1. The number of para-hydroxylation sites is 1. The molecule has 7 heteroatoms. The Hall–Kier alpha value is -2.51. The van der Waals surface area contributed by atoms with Gasteiger partial charge in [-0.15, -0.1) is 0 Å². The number of carbonyl (C=O) groups is 1. The SMILES string of the molecule is O=C1C(=Cc2ccc([N+](=O)[O-])cc2)SC(=S)N1c1ccccc1. The van der Waals surface area contributed by atoms with Gasteiger partial charge in [-0.3, -0.25) is 19.8 Å². The molecule has 0 saturated carbocycles. The van der Waals surface area contributed by atoms with E-state index < -0.39 is 4.92 Å². The lowest BCUT2D eigenvalue weighted by molar-refractivity contribution is -0.384. The van der Waals surface area contributed by atoms with Crippen molar-refractivity contribution in [3.05, 3.63) is 75.2 Å². The lowest BCUT2D eigenvalue weighted by Crippen LogP contribution is -2.27. The van der Waals surface area contributed by atoms with Gasteiger partial charge in [0.25, 0.3) is 11.6 Å². The van der Waals surface area contributed by atoms with E-state index >= 15 is 0 Å². The summed E-state index contributed by atoms with van der Waals surface area (Å²) in [5, 5.41) is 10.7.